The van der Waals surface area contributed by atoms with Crippen LogP contribution in [0.15, 0.2) is 0 Å². The van der Waals surface area contributed by atoms with Gasteiger partial charge in [-0.3, -0.25) is 14.4 Å². The van der Waals surface area contributed by atoms with Gasteiger partial charge in [0.15, 0.2) is 6.10 Å². The molecule has 0 amide bonds. The zero-order valence-corrected chi connectivity index (χ0v) is 41.6. The minimum Gasteiger partial charge on any atom is -0.462 e. The maximum absolute atomic E-state index is 12.8. The molecule has 6 nitrogen and oxygen atoms in total. The molecule has 0 spiro atoms. The van der Waals surface area contributed by atoms with Gasteiger partial charge in [0.25, 0.3) is 0 Å². The van der Waals surface area contributed by atoms with E-state index < -0.39 is 6.10 Å². The topological polar surface area (TPSA) is 78.9 Å². The lowest BCUT2D eigenvalue weighted by Crippen LogP contribution is -2.30. The number of hydrogen-bond donors (Lipinski definition) is 0. The predicted octanol–water partition coefficient (Wildman–Crippen LogP) is 17.8. The summed E-state index contributed by atoms with van der Waals surface area (Å²) in [7, 11) is 0. The lowest BCUT2D eigenvalue weighted by molar-refractivity contribution is -0.167. The summed E-state index contributed by atoms with van der Waals surface area (Å²) in [5.41, 5.74) is 0. The third kappa shape index (κ3) is 49.3. The van der Waals surface area contributed by atoms with Crippen molar-refractivity contribution in [3.63, 3.8) is 0 Å². The molecule has 0 aliphatic carbocycles. The van der Waals surface area contributed by atoms with E-state index in [1.807, 2.05) is 0 Å². The summed E-state index contributed by atoms with van der Waals surface area (Å²) in [5.74, 6) is -0.000790. The van der Waals surface area contributed by atoms with E-state index in [0.717, 1.165) is 63.7 Å². The average Bonchev–Trinajstić information content (AvgIpc) is 3.24. The Kier molecular flexibility index (Phi) is 48.1. The van der Waals surface area contributed by atoms with Crippen LogP contribution in [0, 0.1) is 5.92 Å². The number of esters is 3. The van der Waals surface area contributed by atoms with Gasteiger partial charge in [-0.2, -0.15) is 0 Å². The molecule has 0 unspecified atom stereocenters. The largest absolute Gasteiger partial charge is 0.462 e. The first-order chi connectivity index (χ1) is 29.9. The van der Waals surface area contributed by atoms with Crippen molar-refractivity contribution in [1.82, 2.24) is 0 Å². The summed E-state index contributed by atoms with van der Waals surface area (Å²) in [6.45, 7) is 9.05. The zero-order valence-electron chi connectivity index (χ0n) is 41.6. The van der Waals surface area contributed by atoms with Crippen LogP contribution in [-0.4, -0.2) is 37.2 Å². The van der Waals surface area contributed by atoms with Crippen LogP contribution in [0.2, 0.25) is 0 Å². The van der Waals surface area contributed by atoms with Crippen molar-refractivity contribution in [3.8, 4) is 0 Å². The molecular formula is C55H106O6. The number of carbonyl (C=O) groups excluding carboxylic acids is 3. The quantitative estimate of drug-likeness (QED) is 0.0344. The Morgan fingerprint density at radius 2 is 0.541 bits per heavy atom. The van der Waals surface area contributed by atoms with E-state index in [4.69, 9.17) is 14.2 Å². The minimum atomic E-state index is -0.761. The van der Waals surface area contributed by atoms with E-state index in [1.165, 1.54) is 205 Å². The molecular weight excluding hydrogens is 757 g/mol. The summed E-state index contributed by atoms with van der Waals surface area (Å²) >= 11 is 0. The van der Waals surface area contributed by atoms with E-state index in [1.54, 1.807) is 0 Å². The fraction of sp³-hybridized carbons (Fsp3) is 0.945. The fourth-order valence-electron chi connectivity index (χ4n) is 8.39. The van der Waals surface area contributed by atoms with E-state index in [-0.39, 0.29) is 31.1 Å². The smallest absolute Gasteiger partial charge is 0.306 e. The number of carbonyl (C=O) groups is 3. The van der Waals surface area contributed by atoms with Gasteiger partial charge in [0, 0.05) is 19.3 Å². The summed E-state index contributed by atoms with van der Waals surface area (Å²) < 4.78 is 16.8. The Labute approximate surface area is 380 Å². The van der Waals surface area contributed by atoms with Gasteiger partial charge < -0.3 is 14.2 Å². The highest BCUT2D eigenvalue weighted by Gasteiger charge is 2.19. The average molecular weight is 863 g/mol. The van der Waals surface area contributed by atoms with Gasteiger partial charge in [-0.05, 0) is 25.2 Å². The lowest BCUT2D eigenvalue weighted by atomic mass is 10.0. The van der Waals surface area contributed by atoms with Crippen LogP contribution in [0.4, 0.5) is 0 Å². The lowest BCUT2D eigenvalue weighted by Gasteiger charge is -2.18. The van der Waals surface area contributed by atoms with Crippen LogP contribution in [0.3, 0.4) is 0 Å². The molecule has 0 heterocycles. The van der Waals surface area contributed by atoms with E-state index in [9.17, 15) is 14.4 Å². The third-order valence-corrected chi connectivity index (χ3v) is 12.5. The standard InChI is InChI=1S/C55H106O6/c1-5-7-9-11-13-15-17-19-23-27-31-35-39-43-47-54(57)60-50-52(49-59-53(56)46-42-38-34-30-26-21-18-16-14-12-10-8-6-2)61-55(58)48-44-40-36-32-28-24-20-22-25-29-33-37-41-45-51(3)4/h51-52H,5-50H2,1-4H3/t52-/m0/s1. The van der Waals surface area contributed by atoms with E-state index in [0.29, 0.717) is 19.3 Å². The van der Waals surface area contributed by atoms with Crippen molar-refractivity contribution >= 4 is 17.9 Å². The Morgan fingerprint density at radius 1 is 0.311 bits per heavy atom. The van der Waals surface area contributed by atoms with Crippen LogP contribution in [-0.2, 0) is 28.6 Å². The summed E-state index contributed by atoms with van der Waals surface area (Å²) in [5, 5.41) is 0. The molecule has 0 radical (unpaired) electrons. The molecule has 0 aromatic carbocycles. The molecule has 0 aromatic rings. The van der Waals surface area contributed by atoms with Gasteiger partial charge in [0.1, 0.15) is 13.2 Å². The molecule has 0 aliphatic heterocycles. The van der Waals surface area contributed by atoms with E-state index >= 15 is 0 Å². The van der Waals surface area contributed by atoms with Gasteiger partial charge in [-0.25, -0.2) is 0 Å². The van der Waals surface area contributed by atoms with Gasteiger partial charge in [-0.15, -0.1) is 0 Å². The Bertz CT molecular complexity index is 918. The van der Waals surface area contributed by atoms with Gasteiger partial charge in [0.05, 0.1) is 0 Å². The molecule has 0 saturated heterocycles. The molecule has 0 aliphatic rings. The van der Waals surface area contributed by atoms with Crippen LogP contribution in [0.1, 0.15) is 310 Å². The number of unbranched alkanes of at least 4 members (excludes halogenated alkanes) is 37. The molecule has 6 heteroatoms. The molecule has 0 fully saturated rings. The molecule has 0 aromatic heterocycles. The summed E-state index contributed by atoms with van der Waals surface area (Å²) in [6.07, 6.45) is 52.2. The van der Waals surface area contributed by atoms with Crippen molar-refractivity contribution in [2.24, 2.45) is 5.92 Å². The molecule has 1 atom stereocenters. The van der Waals surface area contributed by atoms with Crippen LogP contribution in [0.5, 0.6) is 0 Å². The number of rotatable bonds is 50. The Hall–Kier alpha value is -1.59. The van der Waals surface area contributed by atoms with Gasteiger partial charge in [0.2, 0.25) is 0 Å². The van der Waals surface area contributed by atoms with Crippen molar-refractivity contribution in [3.05, 3.63) is 0 Å². The first kappa shape index (κ1) is 59.4. The molecule has 0 N–H and O–H groups in total. The molecule has 0 rings (SSSR count). The fourth-order valence-corrected chi connectivity index (χ4v) is 8.39. The van der Waals surface area contributed by atoms with Gasteiger partial charge >= 0.3 is 17.9 Å². The minimum absolute atomic E-state index is 0.0622. The second kappa shape index (κ2) is 49.4. The molecule has 0 bridgehead atoms. The SMILES string of the molecule is CCCCCCCCCCCCCCCCC(=O)OC[C@H](COC(=O)CCCCCCCCCCCCCCC)OC(=O)CCCCCCCCCCCCCCCC(C)C. The Balaban J connectivity index is 4.30. The highest BCUT2D eigenvalue weighted by atomic mass is 16.6. The second-order valence-electron chi connectivity index (χ2n) is 19.3. The maximum atomic E-state index is 12.8. The highest BCUT2D eigenvalue weighted by molar-refractivity contribution is 5.71. The predicted molar refractivity (Wildman–Crippen MR) is 261 cm³/mol. The van der Waals surface area contributed by atoms with Crippen LogP contribution >= 0.6 is 0 Å². The second-order valence-corrected chi connectivity index (χ2v) is 19.3. The first-order valence-electron chi connectivity index (χ1n) is 27.4. The van der Waals surface area contributed by atoms with Crippen LogP contribution < -0.4 is 0 Å². The summed E-state index contributed by atoms with van der Waals surface area (Å²) in [4.78, 5) is 38.0. The number of ether oxygens (including phenoxy) is 3. The normalized spacial score (nSPS) is 12.0. The molecule has 362 valence electrons. The molecule has 61 heavy (non-hydrogen) atoms. The maximum Gasteiger partial charge on any atom is 0.306 e. The Morgan fingerprint density at radius 3 is 0.803 bits per heavy atom. The van der Waals surface area contributed by atoms with Crippen molar-refractivity contribution in [2.45, 2.75) is 316 Å². The van der Waals surface area contributed by atoms with Crippen molar-refractivity contribution < 1.29 is 28.6 Å². The summed E-state index contributed by atoms with van der Waals surface area (Å²) in [6, 6.07) is 0. The van der Waals surface area contributed by atoms with Crippen molar-refractivity contribution in [1.29, 1.82) is 0 Å². The van der Waals surface area contributed by atoms with Gasteiger partial charge in [-0.1, -0.05) is 272 Å². The number of hydrogen-bond acceptors (Lipinski definition) is 6. The highest BCUT2D eigenvalue weighted by Crippen LogP contribution is 2.17. The van der Waals surface area contributed by atoms with E-state index in [2.05, 4.69) is 27.7 Å². The molecule has 0 saturated carbocycles. The third-order valence-electron chi connectivity index (χ3n) is 12.5. The monoisotopic (exact) mass is 863 g/mol. The first-order valence-corrected chi connectivity index (χ1v) is 27.4. The zero-order chi connectivity index (χ0) is 44.5. The van der Waals surface area contributed by atoms with Crippen LogP contribution in [0.25, 0.3) is 0 Å². The van der Waals surface area contributed by atoms with Crippen molar-refractivity contribution in [2.75, 3.05) is 13.2 Å².